The smallest absolute Gasteiger partial charge is 0.0700 e. The van der Waals surface area contributed by atoms with E-state index in [1.165, 1.54) is 18.4 Å². The molecule has 2 heterocycles. The molecular formula is C11H15BrN2O. The van der Waals surface area contributed by atoms with Crippen LogP contribution in [0.25, 0.3) is 0 Å². The maximum atomic E-state index is 5.53. The maximum absolute atomic E-state index is 5.53. The summed E-state index contributed by atoms with van der Waals surface area (Å²) in [6, 6.07) is 2.08. The molecule has 15 heavy (non-hydrogen) atoms. The maximum Gasteiger partial charge on any atom is 0.0700 e. The molecule has 82 valence electrons. The summed E-state index contributed by atoms with van der Waals surface area (Å²) in [4.78, 5) is 4.12. The van der Waals surface area contributed by atoms with Crippen molar-refractivity contribution in [3.05, 3.63) is 28.5 Å². The highest BCUT2D eigenvalue weighted by Crippen LogP contribution is 2.12. The molecule has 1 aliphatic heterocycles. The lowest BCUT2D eigenvalue weighted by atomic mass is 10.2. The lowest BCUT2D eigenvalue weighted by Crippen LogP contribution is -2.25. The van der Waals surface area contributed by atoms with E-state index in [0.29, 0.717) is 6.10 Å². The molecule has 1 fully saturated rings. The van der Waals surface area contributed by atoms with Gasteiger partial charge in [0.05, 0.1) is 6.10 Å². The van der Waals surface area contributed by atoms with E-state index in [4.69, 9.17) is 4.74 Å². The fourth-order valence-electron chi connectivity index (χ4n) is 1.74. The minimum absolute atomic E-state index is 0.408. The van der Waals surface area contributed by atoms with Crippen molar-refractivity contribution in [2.24, 2.45) is 0 Å². The van der Waals surface area contributed by atoms with Gasteiger partial charge in [-0.15, -0.1) is 0 Å². The standard InChI is InChI=1S/C11H15BrN2O/c12-10-4-9(5-13-7-10)6-14-8-11-2-1-3-15-11/h4-5,7,11,14H,1-3,6,8H2. The van der Waals surface area contributed by atoms with Crippen LogP contribution in [-0.2, 0) is 11.3 Å². The Hall–Kier alpha value is -0.450. The van der Waals surface area contributed by atoms with Gasteiger partial charge in [0, 0.05) is 36.6 Å². The van der Waals surface area contributed by atoms with E-state index in [1.54, 1.807) is 6.20 Å². The van der Waals surface area contributed by atoms with E-state index in [-0.39, 0.29) is 0 Å². The molecular weight excluding hydrogens is 256 g/mol. The van der Waals surface area contributed by atoms with E-state index >= 15 is 0 Å². The van der Waals surface area contributed by atoms with Crippen LogP contribution in [0.3, 0.4) is 0 Å². The molecule has 0 aliphatic carbocycles. The zero-order valence-corrected chi connectivity index (χ0v) is 10.2. The number of nitrogens with zero attached hydrogens (tertiary/aromatic N) is 1. The van der Waals surface area contributed by atoms with Gasteiger partial charge in [0.1, 0.15) is 0 Å². The number of ether oxygens (including phenoxy) is 1. The minimum atomic E-state index is 0.408. The summed E-state index contributed by atoms with van der Waals surface area (Å²) in [7, 11) is 0. The molecule has 0 spiro atoms. The molecule has 0 radical (unpaired) electrons. The fraction of sp³-hybridized carbons (Fsp3) is 0.545. The Kier molecular flexibility index (Phi) is 4.11. The fourth-order valence-corrected chi connectivity index (χ4v) is 2.15. The van der Waals surface area contributed by atoms with Crippen LogP contribution in [0.2, 0.25) is 0 Å². The Labute approximate surface area is 98.4 Å². The molecule has 1 N–H and O–H groups in total. The molecule has 0 amide bonds. The molecule has 1 atom stereocenters. The molecule has 0 saturated carbocycles. The Morgan fingerprint density at radius 2 is 2.47 bits per heavy atom. The average molecular weight is 271 g/mol. The van der Waals surface area contributed by atoms with Gasteiger partial charge in [-0.05, 0) is 40.4 Å². The highest BCUT2D eigenvalue weighted by Gasteiger charge is 2.14. The summed E-state index contributed by atoms with van der Waals surface area (Å²) in [6.45, 7) is 2.71. The quantitative estimate of drug-likeness (QED) is 0.910. The first kappa shape index (κ1) is 11.0. The zero-order chi connectivity index (χ0) is 10.5. The minimum Gasteiger partial charge on any atom is -0.377 e. The van der Waals surface area contributed by atoms with Crippen LogP contribution in [0.15, 0.2) is 22.9 Å². The van der Waals surface area contributed by atoms with Gasteiger partial charge in [0.15, 0.2) is 0 Å². The highest BCUT2D eigenvalue weighted by atomic mass is 79.9. The number of halogens is 1. The number of rotatable bonds is 4. The van der Waals surface area contributed by atoms with E-state index in [9.17, 15) is 0 Å². The van der Waals surface area contributed by atoms with Crippen LogP contribution >= 0.6 is 15.9 Å². The normalized spacial score (nSPS) is 20.7. The van der Waals surface area contributed by atoms with Crippen molar-refractivity contribution < 1.29 is 4.74 Å². The SMILES string of the molecule is Brc1cncc(CNCC2CCCO2)c1. The van der Waals surface area contributed by atoms with E-state index in [0.717, 1.165) is 24.2 Å². The van der Waals surface area contributed by atoms with Gasteiger partial charge in [-0.25, -0.2) is 0 Å². The van der Waals surface area contributed by atoms with E-state index < -0.39 is 0 Å². The summed E-state index contributed by atoms with van der Waals surface area (Å²) < 4.78 is 6.55. The third-order valence-corrected chi connectivity index (χ3v) is 2.92. The van der Waals surface area contributed by atoms with Gasteiger partial charge in [0.2, 0.25) is 0 Å². The van der Waals surface area contributed by atoms with Crippen LogP contribution < -0.4 is 5.32 Å². The third kappa shape index (κ3) is 3.55. The lowest BCUT2D eigenvalue weighted by Gasteiger charge is -2.10. The van der Waals surface area contributed by atoms with Crippen molar-refractivity contribution in [2.75, 3.05) is 13.2 Å². The number of aromatic nitrogens is 1. The largest absolute Gasteiger partial charge is 0.377 e. The summed E-state index contributed by atoms with van der Waals surface area (Å²) in [5.74, 6) is 0. The summed E-state index contributed by atoms with van der Waals surface area (Å²) >= 11 is 3.41. The molecule has 4 heteroatoms. The second-order valence-electron chi connectivity index (χ2n) is 3.78. The van der Waals surface area contributed by atoms with Crippen LogP contribution in [0.1, 0.15) is 18.4 Å². The lowest BCUT2D eigenvalue weighted by molar-refractivity contribution is 0.110. The number of nitrogens with one attached hydrogen (secondary N) is 1. The van der Waals surface area contributed by atoms with Crippen LogP contribution in [-0.4, -0.2) is 24.2 Å². The zero-order valence-electron chi connectivity index (χ0n) is 8.58. The van der Waals surface area contributed by atoms with E-state index in [1.807, 2.05) is 6.20 Å². The predicted molar refractivity (Wildman–Crippen MR) is 62.6 cm³/mol. The van der Waals surface area contributed by atoms with Crippen molar-refractivity contribution in [2.45, 2.75) is 25.5 Å². The van der Waals surface area contributed by atoms with Crippen LogP contribution in [0.5, 0.6) is 0 Å². The summed E-state index contributed by atoms with van der Waals surface area (Å²) in [5.41, 5.74) is 1.20. The van der Waals surface area contributed by atoms with Gasteiger partial charge in [0.25, 0.3) is 0 Å². The molecule has 0 bridgehead atoms. The Bertz CT molecular complexity index is 313. The molecule has 0 aromatic carbocycles. The number of hydrogen-bond acceptors (Lipinski definition) is 3. The van der Waals surface area contributed by atoms with Gasteiger partial charge in [-0.3, -0.25) is 4.98 Å². The molecule has 1 aromatic heterocycles. The third-order valence-electron chi connectivity index (χ3n) is 2.49. The number of pyridine rings is 1. The van der Waals surface area contributed by atoms with Gasteiger partial charge in [-0.2, -0.15) is 0 Å². The Morgan fingerprint density at radius 1 is 1.53 bits per heavy atom. The van der Waals surface area contributed by atoms with Gasteiger partial charge >= 0.3 is 0 Å². The number of hydrogen-bond donors (Lipinski definition) is 1. The molecule has 2 rings (SSSR count). The average Bonchev–Trinajstić information content (AvgIpc) is 2.71. The topological polar surface area (TPSA) is 34.2 Å². The van der Waals surface area contributed by atoms with Crippen molar-refractivity contribution in [1.82, 2.24) is 10.3 Å². The Balaban J connectivity index is 1.73. The monoisotopic (exact) mass is 270 g/mol. The first-order chi connectivity index (χ1) is 7.34. The van der Waals surface area contributed by atoms with Crippen molar-refractivity contribution in [3.63, 3.8) is 0 Å². The van der Waals surface area contributed by atoms with Crippen molar-refractivity contribution >= 4 is 15.9 Å². The van der Waals surface area contributed by atoms with Crippen molar-refractivity contribution in [1.29, 1.82) is 0 Å². The van der Waals surface area contributed by atoms with Gasteiger partial charge in [-0.1, -0.05) is 0 Å². The molecule has 1 aliphatic rings. The summed E-state index contributed by atoms with van der Waals surface area (Å²) in [6.07, 6.45) is 6.47. The second-order valence-corrected chi connectivity index (χ2v) is 4.69. The predicted octanol–water partition coefficient (Wildman–Crippen LogP) is 2.11. The van der Waals surface area contributed by atoms with Crippen LogP contribution in [0.4, 0.5) is 0 Å². The highest BCUT2D eigenvalue weighted by molar-refractivity contribution is 9.10. The molecule has 3 nitrogen and oxygen atoms in total. The Morgan fingerprint density at radius 3 is 3.20 bits per heavy atom. The first-order valence-electron chi connectivity index (χ1n) is 5.26. The molecule has 1 aromatic rings. The molecule has 1 unspecified atom stereocenters. The second kappa shape index (κ2) is 5.58. The first-order valence-corrected chi connectivity index (χ1v) is 6.05. The molecule has 1 saturated heterocycles. The van der Waals surface area contributed by atoms with Crippen molar-refractivity contribution in [3.8, 4) is 0 Å². The van der Waals surface area contributed by atoms with Gasteiger partial charge < -0.3 is 10.1 Å². The summed E-state index contributed by atoms with van der Waals surface area (Å²) in [5, 5.41) is 3.38. The van der Waals surface area contributed by atoms with Crippen LogP contribution in [0, 0.1) is 0 Å². The van der Waals surface area contributed by atoms with E-state index in [2.05, 4.69) is 32.3 Å².